The van der Waals surface area contributed by atoms with Crippen molar-refractivity contribution in [2.24, 2.45) is 0 Å². The summed E-state index contributed by atoms with van der Waals surface area (Å²) in [4.78, 5) is 17.6. The van der Waals surface area contributed by atoms with E-state index in [0.29, 0.717) is 18.7 Å². The van der Waals surface area contributed by atoms with Gasteiger partial charge in [0.1, 0.15) is 0 Å². The van der Waals surface area contributed by atoms with Crippen LogP contribution in [0, 0.1) is 0 Å². The van der Waals surface area contributed by atoms with Crippen LogP contribution >= 0.6 is 0 Å². The number of rotatable bonds is 2. The summed E-state index contributed by atoms with van der Waals surface area (Å²) in [6, 6.07) is 7.35. The number of aromatic nitrogens is 2. The highest BCUT2D eigenvalue weighted by molar-refractivity contribution is 5.95. The smallest absolute Gasteiger partial charge is 0.254 e. The van der Waals surface area contributed by atoms with E-state index in [4.69, 9.17) is 0 Å². The molecule has 1 N–H and O–H groups in total. The molecule has 18 heavy (non-hydrogen) atoms. The van der Waals surface area contributed by atoms with Crippen molar-refractivity contribution in [3.63, 3.8) is 0 Å². The molecule has 1 aliphatic rings. The maximum atomic E-state index is 12.0. The van der Waals surface area contributed by atoms with Crippen molar-refractivity contribution in [1.29, 1.82) is 0 Å². The molecule has 92 valence electrons. The summed E-state index contributed by atoms with van der Waals surface area (Å²) in [6.45, 7) is 0.865. The predicted octanol–water partition coefficient (Wildman–Crippen LogP) is 0.689. The second kappa shape index (κ2) is 4.27. The Morgan fingerprint density at radius 1 is 1.28 bits per heavy atom. The Balaban J connectivity index is 1.77. The summed E-state index contributed by atoms with van der Waals surface area (Å²) in [5.74, 6) is -0.0301. The predicted molar refractivity (Wildman–Crippen MR) is 65.5 cm³/mol. The maximum absolute atomic E-state index is 12.0. The van der Waals surface area contributed by atoms with E-state index in [-0.39, 0.29) is 12.0 Å². The molecule has 5 nitrogen and oxygen atoms in total. The van der Waals surface area contributed by atoms with Gasteiger partial charge in [-0.1, -0.05) is 0 Å². The van der Waals surface area contributed by atoms with Crippen LogP contribution in [0.1, 0.15) is 10.4 Å². The van der Waals surface area contributed by atoms with E-state index in [1.54, 1.807) is 29.6 Å². The molecule has 0 atom stereocenters. The molecule has 1 fully saturated rings. The van der Waals surface area contributed by atoms with Crippen molar-refractivity contribution in [1.82, 2.24) is 14.5 Å². The minimum atomic E-state index is -0.362. The SMILES string of the molecule is O=C(c1ccc(-n2ccnc2)cc1)N1CC(O)C1. The lowest BCUT2D eigenvalue weighted by atomic mass is 10.1. The lowest BCUT2D eigenvalue weighted by Gasteiger charge is -2.35. The zero-order chi connectivity index (χ0) is 12.5. The molecule has 0 saturated carbocycles. The Hall–Kier alpha value is -2.14. The van der Waals surface area contributed by atoms with Crippen LogP contribution in [0.4, 0.5) is 0 Å². The van der Waals surface area contributed by atoms with Gasteiger partial charge in [0.05, 0.1) is 12.4 Å². The van der Waals surface area contributed by atoms with Gasteiger partial charge in [-0.15, -0.1) is 0 Å². The zero-order valence-corrected chi connectivity index (χ0v) is 9.73. The minimum Gasteiger partial charge on any atom is -0.389 e. The maximum Gasteiger partial charge on any atom is 0.254 e. The number of aliphatic hydroxyl groups excluding tert-OH is 1. The molecule has 1 saturated heterocycles. The standard InChI is InChI=1S/C13H13N3O2/c17-12-7-16(8-12)13(18)10-1-3-11(4-2-10)15-6-5-14-9-15/h1-6,9,12,17H,7-8H2. The number of amides is 1. The lowest BCUT2D eigenvalue weighted by Crippen LogP contribution is -2.53. The number of aliphatic hydroxyl groups is 1. The van der Waals surface area contributed by atoms with Crippen LogP contribution in [0.3, 0.4) is 0 Å². The van der Waals surface area contributed by atoms with Crippen LogP contribution < -0.4 is 0 Å². The van der Waals surface area contributed by atoms with Gasteiger partial charge in [-0.05, 0) is 24.3 Å². The molecular formula is C13H13N3O2. The van der Waals surface area contributed by atoms with Crippen LogP contribution in [-0.4, -0.2) is 44.7 Å². The molecule has 0 radical (unpaired) electrons. The number of imidazole rings is 1. The van der Waals surface area contributed by atoms with Crippen molar-refractivity contribution >= 4 is 5.91 Å². The molecule has 2 heterocycles. The second-order valence-corrected chi connectivity index (χ2v) is 4.38. The molecule has 1 amide bonds. The average Bonchev–Trinajstić information content (AvgIpc) is 2.88. The largest absolute Gasteiger partial charge is 0.389 e. The Morgan fingerprint density at radius 2 is 2.00 bits per heavy atom. The first-order valence-corrected chi connectivity index (χ1v) is 5.80. The van der Waals surface area contributed by atoms with Crippen LogP contribution in [0.25, 0.3) is 5.69 Å². The van der Waals surface area contributed by atoms with Gasteiger partial charge >= 0.3 is 0 Å². The first kappa shape index (κ1) is 11.0. The molecule has 1 aliphatic heterocycles. The second-order valence-electron chi connectivity index (χ2n) is 4.38. The van der Waals surface area contributed by atoms with Crippen molar-refractivity contribution < 1.29 is 9.90 Å². The third-order valence-electron chi connectivity index (χ3n) is 3.07. The Bertz CT molecular complexity index is 542. The van der Waals surface area contributed by atoms with Crippen LogP contribution in [0.5, 0.6) is 0 Å². The summed E-state index contributed by atoms with van der Waals surface area (Å²) in [6.07, 6.45) is 4.91. The van der Waals surface area contributed by atoms with Crippen LogP contribution in [-0.2, 0) is 0 Å². The Kier molecular flexibility index (Phi) is 2.60. The van der Waals surface area contributed by atoms with Gasteiger partial charge in [-0.25, -0.2) is 4.98 Å². The van der Waals surface area contributed by atoms with Gasteiger partial charge in [0, 0.05) is 36.7 Å². The van der Waals surface area contributed by atoms with E-state index in [9.17, 15) is 9.90 Å². The number of nitrogens with zero attached hydrogens (tertiary/aromatic N) is 3. The molecule has 0 spiro atoms. The molecular weight excluding hydrogens is 230 g/mol. The highest BCUT2D eigenvalue weighted by Crippen LogP contribution is 2.15. The van der Waals surface area contributed by atoms with Crippen molar-refractivity contribution in [2.45, 2.75) is 6.10 Å². The Morgan fingerprint density at radius 3 is 2.56 bits per heavy atom. The minimum absolute atomic E-state index is 0.0301. The summed E-state index contributed by atoms with van der Waals surface area (Å²) < 4.78 is 1.88. The van der Waals surface area contributed by atoms with E-state index in [1.165, 1.54) is 0 Å². The first-order chi connectivity index (χ1) is 8.74. The number of carbonyl (C=O) groups excluding carboxylic acids is 1. The first-order valence-electron chi connectivity index (χ1n) is 5.80. The monoisotopic (exact) mass is 243 g/mol. The fraction of sp³-hybridized carbons (Fsp3) is 0.231. The van der Waals surface area contributed by atoms with Gasteiger partial charge < -0.3 is 14.6 Å². The van der Waals surface area contributed by atoms with E-state index in [2.05, 4.69) is 4.98 Å². The van der Waals surface area contributed by atoms with E-state index in [1.807, 2.05) is 22.9 Å². The fourth-order valence-electron chi connectivity index (χ4n) is 1.99. The summed E-state index contributed by atoms with van der Waals surface area (Å²) in [7, 11) is 0. The topological polar surface area (TPSA) is 58.4 Å². The van der Waals surface area contributed by atoms with Gasteiger partial charge in [0.2, 0.25) is 0 Å². The number of β-amino-alcohol motifs (C(OH)–C–C–N with tert-alkyl or cyclic N) is 1. The molecule has 1 aromatic carbocycles. The van der Waals surface area contributed by atoms with Crippen molar-refractivity contribution in [3.8, 4) is 5.69 Å². The Labute approximate surface area is 104 Å². The fourth-order valence-corrected chi connectivity index (χ4v) is 1.99. The average molecular weight is 243 g/mol. The summed E-state index contributed by atoms with van der Waals surface area (Å²) in [5, 5.41) is 9.18. The van der Waals surface area contributed by atoms with E-state index < -0.39 is 0 Å². The highest BCUT2D eigenvalue weighted by Gasteiger charge is 2.29. The third-order valence-corrected chi connectivity index (χ3v) is 3.07. The van der Waals surface area contributed by atoms with E-state index in [0.717, 1.165) is 5.69 Å². The molecule has 3 rings (SSSR count). The number of hydrogen-bond donors (Lipinski definition) is 1. The molecule has 0 unspecified atom stereocenters. The van der Waals surface area contributed by atoms with Crippen molar-refractivity contribution in [2.75, 3.05) is 13.1 Å². The number of carbonyl (C=O) groups is 1. The lowest BCUT2D eigenvalue weighted by molar-refractivity contribution is 0.00589. The number of hydrogen-bond acceptors (Lipinski definition) is 3. The number of likely N-dealkylation sites (tertiary alicyclic amines) is 1. The molecule has 1 aromatic heterocycles. The van der Waals surface area contributed by atoms with Gasteiger partial charge in [0.25, 0.3) is 5.91 Å². The molecule has 2 aromatic rings. The van der Waals surface area contributed by atoms with Crippen LogP contribution in [0.2, 0.25) is 0 Å². The highest BCUT2D eigenvalue weighted by atomic mass is 16.3. The zero-order valence-electron chi connectivity index (χ0n) is 9.73. The molecule has 0 aliphatic carbocycles. The normalized spacial score (nSPS) is 15.5. The van der Waals surface area contributed by atoms with E-state index >= 15 is 0 Å². The van der Waals surface area contributed by atoms with Gasteiger partial charge in [-0.3, -0.25) is 4.79 Å². The third kappa shape index (κ3) is 1.89. The summed E-state index contributed by atoms with van der Waals surface area (Å²) >= 11 is 0. The molecule has 5 heteroatoms. The number of benzene rings is 1. The quantitative estimate of drug-likeness (QED) is 0.844. The van der Waals surface area contributed by atoms with Crippen molar-refractivity contribution in [3.05, 3.63) is 48.5 Å². The van der Waals surface area contributed by atoms with Crippen LogP contribution in [0.15, 0.2) is 43.0 Å². The van der Waals surface area contributed by atoms with Gasteiger partial charge in [0.15, 0.2) is 0 Å². The van der Waals surface area contributed by atoms with Gasteiger partial charge in [-0.2, -0.15) is 0 Å². The summed E-state index contributed by atoms with van der Waals surface area (Å²) in [5.41, 5.74) is 1.61. The molecule has 0 bridgehead atoms.